The number of hydrogen-bond acceptors (Lipinski definition) is 3. The van der Waals surface area contributed by atoms with Crippen LogP contribution in [0.5, 0.6) is 11.5 Å². The molecule has 24 heavy (non-hydrogen) atoms. The zero-order chi connectivity index (χ0) is 16.5. The Morgan fingerprint density at radius 2 is 1.88 bits per heavy atom. The smallest absolute Gasteiger partial charge is 0.175 e. The van der Waals surface area contributed by atoms with Crippen molar-refractivity contribution in [3.63, 3.8) is 0 Å². The highest BCUT2D eigenvalue weighted by molar-refractivity contribution is 9.10. The van der Waals surface area contributed by atoms with Crippen molar-refractivity contribution >= 4 is 28.3 Å². The maximum Gasteiger partial charge on any atom is 0.175 e. The molecular weight excluding hydrogens is 390 g/mol. The van der Waals surface area contributed by atoms with Crippen molar-refractivity contribution in [2.24, 2.45) is 0 Å². The molecule has 0 aliphatic rings. The number of ether oxygens (including phenoxy) is 2. The van der Waals surface area contributed by atoms with Crippen LogP contribution in [0, 0.1) is 0 Å². The van der Waals surface area contributed by atoms with E-state index in [0.29, 0.717) is 13.2 Å². The van der Waals surface area contributed by atoms with Gasteiger partial charge in [-0.05, 0) is 46.1 Å². The standard InChI is InChI=1S/C19H22BrNO2.ClH/c1-3-10-21-13-16-11-17(20)19(18(12-16)22-4-2)23-14-15-8-6-5-7-9-15;/h3,5-9,11-12,21H,1,4,10,13-14H2,2H3;1H. The van der Waals surface area contributed by atoms with Gasteiger partial charge in [-0.15, -0.1) is 19.0 Å². The summed E-state index contributed by atoms with van der Waals surface area (Å²) in [5.41, 5.74) is 2.26. The maximum absolute atomic E-state index is 5.98. The number of nitrogens with one attached hydrogen (secondary N) is 1. The van der Waals surface area contributed by atoms with Crippen LogP contribution in [-0.2, 0) is 13.2 Å². The number of halogens is 2. The summed E-state index contributed by atoms with van der Waals surface area (Å²) in [5, 5.41) is 3.29. The average molecular weight is 413 g/mol. The topological polar surface area (TPSA) is 30.5 Å². The van der Waals surface area contributed by atoms with Gasteiger partial charge in [0, 0.05) is 13.1 Å². The van der Waals surface area contributed by atoms with E-state index in [2.05, 4.69) is 33.9 Å². The first-order valence-corrected chi connectivity index (χ1v) is 8.47. The summed E-state index contributed by atoms with van der Waals surface area (Å²) in [6.45, 7) is 8.30. The molecule has 1 N–H and O–H groups in total. The van der Waals surface area contributed by atoms with E-state index < -0.39 is 0 Å². The summed E-state index contributed by atoms with van der Waals surface area (Å²) in [6.07, 6.45) is 1.84. The molecule has 0 fully saturated rings. The van der Waals surface area contributed by atoms with Crippen LogP contribution in [0.15, 0.2) is 59.6 Å². The van der Waals surface area contributed by atoms with Crippen molar-refractivity contribution in [2.75, 3.05) is 13.2 Å². The fourth-order valence-corrected chi connectivity index (χ4v) is 2.78. The molecule has 0 saturated carbocycles. The molecule has 0 bridgehead atoms. The minimum absolute atomic E-state index is 0. The van der Waals surface area contributed by atoms with Gasteiger partial charge in [-0.2, -0.15) is 0 Å². The van der Waals surface area contributed by atoms with Crippen LogP contribution in [0.4, 0.5) is 0 Å². The minimum atomic E-state index is 0. The predicted octanol–water partition coefficient (Wildman–Crippen LogP) is 5.12. The first-order valence-electron chi connectivity index (χ1n) is 7.68. The van der Waals surface area contributed by atoms with E-state index in [0.717, 1.165) is 40.2 Å². The lowest BCUT2D eigenvalue weighted by Gasteiger charge is -2.16. The molecule has 0 saturated heterocycles. The van der Waals surface area contributed by atoms with E-state index in [-0.39, 0.29) is 12.4 Å². The van der Waals surface area contributed by atoms with E-state index >= 15 is 0 Å². The molecule has 0 heterocycles. The van der Waals surface area contributed by atoms with Crippen molar-refractivity contribution in [1.82, 2.24) is 5.32 Å². The Kier molecular flexibility index (Phi) is 9.53. The lowest BCUT2D eigenvalue weighted by atomic mass is 10.2. The Bertz CT molecular complexity index is 635. The van der Waals surface area contributed by atoms with E-state index in [1.807, 2.05) is 49.4 Å². The second-order valence-corrected chi connectivity index (χ2v) is 5.89. The third kappa shape index (κ3) is 6.19. The van der Waals surface area contributed by atoms with Crippen LogP contribution in [0.2, 0.25) is 0 Å². The van der Waals surface area contributed by atoms with Crippen molar-refractivity contribution in [3.05, 3.63) is 70.7 Å². The second kappa shape index (κ2) is 11.1. The average Bonchev–Trinajstić information content (AvgIpc) is 2.55. The van der Waals surface area contributed by atoms with Crippen LogP contribution in [-0.4, -0.2) is 13.2 Å². The molecule has 0 aliphatic heterocycles. The number of hydrogen-bond donors (Lipinski definition) is 1. The predicted molar refractivity (Wildman–Crippen MR) is 105 cm³/mol. The highest BCUT2D eigenvalue weighted by Gasteiger charge is 2.12. The third-order valence-corrected chi connectivity index (χ3v) is 3.80. The first-order chi connectivity index (χ1) is 11.2. The summed E-state index contributed by atoms with van der Waals surface area (Å²) in [7, 11) is 0. The van der Waals surface area contributed by atoms with E-state index in [1.54, 1.807) is 0 Å². The fraction of sp³-hybridized carbons (Fsp3) is 0.263. The summed E-state index contributed by atoms with van der Waals surface area (Å²) >= 11 is 3.60. The van der Waals surface area contributed by atoms with Gasteiger partial charge in [0.1, 0.15) is 6.61 Å². The summed E-state index contributed by atoms with van der Waals surface area (Å²) in [6, 6.07) is 14.2. The monoisotopic (exact) mass is 411 g/mol. The molecule has 0 aliphatic carbocycles. The van der Waals surface area contributed by atoms with Crippen LogP contribution >= 0.6 is 28.3 Å². The molecule has 0 spiro atoms. The molecule has 2 rings (SSSR count). The Hall–Kier alpha value is -1.49. The molecule has 0 atom stereocenters. The highest BCUT2D eigenvalue weighted by Crippen LogP contribution is 2.37. The molecular formula is C19H23BrClNO2. The van der Waals surface area contributed by atoms with Crippen LogP contribution in [0.25, 0.3) is 0 Å². The van der Waals surface area contributed by atoms with Gasteiger partial charge in [0.2, 0.25) is 0 Å². The highest BCUT2D eigenvalue weighted by atomic mass is 79.9. The van der Waals surface area contributed by atoms with Gasteiger partial charge >= 0.3 is 0 Å². The van der Waals surface area contributed by atoms with Gasteiger partial charge in [0.25, 0.3) is 0 Å². The molecule has 0 radical (unpaired) electrons. The van der Waals surface area contributed by atoms with Gasteiger partial charge in [-0.25, -0.2) is 0 Å². The maximum atomic E-state index is 5.98. The summed E-state index contributed by atoms with van der Waals surface area (Å²) < 4.78 is 12.6. The molecule has 3 nitrogen and oxygen atoms in total. The van der Waals surface area contributed by atoms with Crippen LogP contribution in [0.1, 0.15) is 18.1 Å². The normalized spacial score (nSPS) is 9.92. The van der Waals surface area contributed by atoms with Crippen molar-refractivity contribution in [1.29, 1.82) is 0 Å². The number of benzene rings is 2. The molecule has 0 unspecified atom stereocenters. The molecule has 0 amide bonds. The lowest BCUT2D eigenvalue weighted by Crippen LogP contribution is -2.13. The van der Waals surface area contributed by atoms with Crippen molar-refractivity contribution < 1.29 is 9.47 Å². The molecule has 0 aromatic heterocycles. The van der Waals surface area contributed by atoms with Gasteiger partial charge in [-0.3, -0.25) is 0 Å². The quantitative estimate of drug-likeness (QED) is 0.458. The Morgan fingerprint density at radius 1 is 1.12 bits per heavy atom. The van der Waals surface area contributed by atoms with Crippen LogP contribution in [0.3, 0.4) is 0 Å². The van der Waals surface area contributed by atoms with Crippen molar-refractivity contribution in [3.8, 4) is 11.5 Å². The van der Waals surface area contributed by atoms with Gasteiger partial charge in [0.15, 0.2) is 11.5 Å². The molecule has 130 valence electrons. The first kappa shape index (κ1) is 20.6. The third-order valence-electron chi connectivity index (χ3n) is 3.21. The lowest BCUT2D eigenvalue weighted by molar-refractivity contribution is 0.267. The summed E-state index contributed by atoms with van der Waals surface area (Å²) in [4.78, 5) is 0. The Balaban J connectivity index is 0.00000288. The summed E-state index contributed by atoms with van der Waals surface area (Å²) in [5.74, 6) is 1.50. The van der Waals surface area contributed by atoms with Gasteiger partial charge in [0.05, 0.1) is 11.1 Å². The van der Waals surface area contributed by atoms with Gasteiger partial charge in [-0.1, -0.05) is 36.4 Å². The van der Waals surface area contributed by atoms with Crippen molar-refractivity contribution in [2.45, 2.75) is 20.1 Å². The molecule has 5 heteroatoms. The van der Waals surface area contributed by atoms with Gasteiger partial charge < -0.3 is 14.8 Å². The molecule has 2 aromatic rings. The largest absolute Gasteiger partial charge is 0.490 e. The second-order valence-electron chi connectivity index (χ2n) is 5.03. The fourth-order valence-electron chi connectivity index (χ4n) is 2.17. The van der Waals surface area contributed by atoms with Crippen LogP contribution < -0.4 is 14.8 Å². The molecule has 2 aromatic carbocycles. The minimum Gasteiger partial charge on any atom is -0.490 e. The SMILES string of the molecule is C=CCNCc1cc(Br)c(OCc2ccccc2)c(OCC)c1.Cl. The Morgan fingerprint density at radius 3 is 2.54 bits per heavy atom. The zero-order valence-electron chi connectivity index (χ0n) is 13.8. The zero-order valence-corrected chi connectivity index (χ0v) is 16.2. The van der Waals surface area contributed by atoms with E-state index in [9.17, 15) is 0 Å². The Labute approximate surface area is 158 Å². The van der Waals surface area contributed by atoms with E-state index in [4.69, 9.17) is 9.47 Å². The number of rotatable bonds is 9. The van der Waals surface area contributed by atoms with E-state index in [1.165, 1.54) is 0 Å².